The molecule has 2 aliphatic heterocycles. The van der Waals surface area contributed by atoms with Crippen molar-refractivity contribution in [3.05, 3.63) is 34.1 Å². The van der Waals surface area contributed by atoms with E-state index in [0.717, 1.165) is 10.7 Å². The third-order valence-electron chi connectivity index (χ3n) is 5.43. The molecule has 24 heavy (non-hydrogen) atoms. The number of aliphatic imine (C=N–C) groups is 1. The molecule has 1 aromatic carbocycles. The number of hydrogen-bond acceptors (Lipinski definition) is 5. The van der Waals surface area contributed by atoms with Gasteiger partial charge < -0.3 is 10.5 Å². The highest BCUT2D eigenvalue weighted by Crippen LogP contribution is 2.51. The van der Waals surface area contributed by atoms with E-state index in [1.54, 1.807) is 19.1 Å². The molecule has 0 aromatic heterocycles. The Balaban J connectivity index is 2.25. The van der Waals surface area contributed by atoms with Crippen LogP contribution >= 0.6 is 15.9 Å². The Kier molecular flexibility index (Phi) is 4.09. The Bertz CT molecular complexity index is 829. The number of nitrogens with two attached hydrogens (primary N) is 1. The molecule has 0 radical (unpaired) electrons. The lowest BCUT2D eigenvalue weighted by Gasteiger charge is -2.43. The third-order valence-corrected chi connectivity index (χ3v) is 7.94. The molecule has 1 saturated heterocycles. The van der Waals surface area contributed by atoms with Crippen LogP contribution in [0.2, 0.25) is 0 Å². The van der Waals surface area contributed by atoms with Gasteiger partial charge in [-0.25, -0.2) is 12.8 Å². The van der Waals surface area contributed by atoms with Gasteiger partial charge in [-0.3, -0.25) is 4.99 Å². The van der Waals surface area contributed by atoms with Gasteiger partial charge in [0, 0.05) is 22.2 Å². The molecule has 1 fully saturated rings. The lowest BCUT2D eigenvalue weighted by atomic mass is 9.71. The zero-order valence-corrected chi connectivity index (χ0v) is 16.1. The van der Waals surface area contributed by atoms with Gasteiger partial charge in [0.15, 0.2) is 9.84 Å². The van der Waals surface area contributed by atoms with Crippen molar-refractivity contribution in [2.24, 2.45) is 16.6 Å². The van der Waals surface area contributed by atoms with Crippen molar-refractivity contribution >= 4 is 31.6 Å². The fourth-order valence-corrected chi connectivity index (χ4v) is 4.95. The van der Waals surface area contributed by atoms with E-state index in [1.165, 1.54) is 6.07 Å². The van der Waals surface area contributed by atoms with Crippen molar-refractivity contribution < 1.29 is 17.5 Å². The first kappa shape index (κ1) is 17.8. The summed E-state index contributed by atoms with van der Waals surface area (Å²) in [4.78, 5) is 4.55. The predicted molar refractivity (Wildman–Crippen MR) is 94.2 cm³/mol. The Hall–Kier alpha value is -0.990. The number of sulfone groups is 1. The van der Waals surface area contributed by atoms with E-state index in [0.29, 0.717) is 5.56 Å². The summed E-state index contributed by atoms with van der Waals surface area (Å²) in [6, 6.07) is 4.65. The molecule has 0 saturated carbocycles. The molecule has 4 atom stereocenters. The Morgan fingerprint density at radius 3 is 2.75 bits per heavy atom. The molecule has 0 amide bonds. The van der Waals surface area contributed by atoms with Crippen LogP contribution in [0.15, 0.2) is 27.7 Å². The maximum atomic E-state index is 14.6. The van der Waals surface area contributed by atoms with Crippen LogP contribution in [0.5, 0.6) is 0 Å². The van der Waals surface area contributed by atoms with Crippen LogP contribution < -0.4 is 5.73 Å². The fraction of sp³-hybridized carbons (Fsp3) is 0.562. The summed E-state index contributed by atoms with van der Waals surface area (Å²) in [5.41, 5.74) is 5.47. The molecule has 2 aliphatic rings. The molecule has 0 aliphatic carbocycles. The van der Waals surface area contributed by atoms with Gasteiger partial charge in [0.05, 0.1) is 12.7 Å². The first-order valence-corrected chi connectivity index (χ1v) is 10.3. The van der Waals surface area contributed by atoms with Crippen LogP contribution in [0.1, 0.15) is 25.8 Å². The fourth-order valence-electron chi connectivity index (χ4n) is 3.69. The number of hydrogen-bond donors (Lipinski definition) is 1. The quantitative estimate of drug-likeness (QED) is 0.798. The molecule has 8 heteroatoms. The zero-order chi connectivity index (χ0) is 17.9. The average molecular weight is 419 g/mol. The van der Waals surface area contributed by atoms with Gasteiger partial charge in [-0.15, -0.1) is 0 Å². The number of amidine groups is 1. The normalized spacial score (nSPS) is 36.3. The van der Waals surface area contributed by atoms with Crippen LogP contribution in [0, 0.1) is 11.7 Å². The third kappa shape index (κ3) is 2.42. The van der Waals surface area contributed by atoms with Crippen LogP contribution in [-0.2, 0) is 20.1 Å². The van der Waals surface area contributed by atoms with Crippen molar-refractivity contribution in [1.82, 2.24) is 0 Å². The van der Waals surface area contributed by atoms with E-state index >= 15 is 0 Å². The second-order valence-electron chi connectivity index (χ2n) is 6.88. The molecule has 1 aromatic rings. The predicted octanol–water partition coefficient (Wildman–Crippen LogP) is 2.38. The topological polar surface area (TPSA) is 81.8 Å². The summed E-state index contributed by atoms with van der Waals surface area (Å²) in [5, 5.41) is 0. The van der Waals surface area contributed by atoms with E-state index in [4.69, 9.17) is 10.5 Å². The Morgan fingerprint density at radius 1 is 1.46 bits per heavy atom. The second-order valence-corrected chi connectivity index (χ2v) is 10.2. The molecule has 0 bridgehead atoms. The van der Waals surface area contributed by atoms with Crippen molar-refractivity contribution in [2.45, 2.75) is 36.7 Å². The SMILES string of the molecule is C[C@H]1OC[C@]2(c3cc(Br)ccc3F)N=C(N)C(C)(S(C)(=O)=O)CC12. The van der Waals surface area contributed by atoms with Gasteiger partial charge in [0.25, 0.3) is 0 Å². The largest absolute Gasteiger partial charge is 0.386 e. The molecular formula is C16H20BrFN2O3S. The van der Waals surface area contributed by atoms with E-state index in [-0.39, 0.29) is 30.9 Å². The van der Waals surface area contributed by atoms with Gasteiger partial charge >= 0.3 is 0 Å². The summed E-state index contributed by atoms with van der Waals surface area (Å²) in [6.07, 6.45) is 1.15. The molecule has 5 nitrogen and oxygen atoms in total. The number of ether oxygens (including phenoxy) is 1. The highest BCUT2D eigenvalue weighted by molar-refractivity contribution is 9.10. The summed E-state index contributed by atoms with van der Waals surface area (Å²) < 4.78 is 44.4. The number of nitrogens with zero attached hydrogens (tertiary/aromatic N) is 1. The molecular weight excluding hydrogens is 399 g/mol. The van der Waals surface area contributed by atoms with Gasteiger partial charge in [0.2, 0.25) is 0 Å². The molecule has 2 N–H and O–H groups in total. The van der Waals surface area contributed by atoms with Crippen LogP contribution in [0.4, 0.5) is 4.39 Å². The molecule has 3 rings (SSSR count). The Morgan fingerprint density at radius 2 is 2.12 bits per heavy atom. The van der Waals surface area contributed by atoms with Gasteiger partial charge in [-0.2, -0.15) is 0 Å². The van der Waals surface area contributed by atoms with E-state index in [1.807, 2.05) is 6.92 Å². The summed E-state index contributed by atoms with van der Waals surface area (Å²) in [5.74, 6) is -0.674. The summed E-state index contributed by atoms with van der Waals surface area (Å²) in [7, 11) is -3.48. The molecule has 2 unspecified atom stereocenters. The van der Waals surface area contributed by atoms with E-state index in [2.05, 4.69) is 20.9 Å². The molecule has 132 valence electrons. The first-order chi connectivity index (χ1) is 11.0. The number of halogens is 2. The zero-order valence-electron chi connectivity index (χ0n) is 13.7. The average Bonchev–Trinajstić information content (AvgIpc) is 2.79. The number of fused-ring (bicyclic) bond motifs is 1. The molecule has 0 spiro atoms. The maximum absolute atomic E-state index is 14.6. The smallest absolute Gasteiger partial charge is 0.160 e. The van der Waals surface area contributed by atoms with Crippen molar-refractivity contribution in [3.63, 3.8) is 0 Å². The number of benzene rings is 1. The minimum atomic E-state index is -3.48. The second kappa shape index (κ2) is 5.51. The van der Waals surface area contributed by atoms with Crippen molar-refractivity contribution in [1.29, 1.82) is 0 Å². The van der Waals surface area contributed by atoms with Gasteiger partial charge in [-0.05, 0) is 38.5 Å². The number of rotatable bonds is 2. The minimum absolute atomic E-state index is 0.0123. The first-order valence-electron chi connectivity index (χ1n) is 7.64. The highest BCUT2D eigenvalue weighted by atomic mass is 79.9. The van der Waals surface area contributed by atoms with E-state index in [9.17, 15) is 12.8 Å². The lowest BCUT2D eigenvalue weighted by molar-refractivity contribution is 0.102. The van der Waals surface area contributed by atoms with Crippen LogP contribution in [0.3, 0.4) is 0 Å². The van der Waals surface area contributed by atoms with Crippen molar-refractivity contribution in [2.75, 3.05) is 12.9 Å². The van der Waals surface area contributed by atoms with Crippen LogP contribution in [0.25, 0.3) is 0 Å². The molecule has 2 heterocycles. The van der Waals surface area contributed by atoms with E-state index < -0.39 is 25.9 Å². The lowest BCUT2D eigenvalue weighted by Crippen LogP contribution is -2.57. The summed E-state index contributed by atoms with van der Waals surface area (Å²) in [6.45, 7) is 3.61. The summed E-state index contributed by atoms with van der Waals surface area (Å²) >= 11 is 3.36. The monoisotopic (exact) mass is 418 g/mol. The van der Waals surface area contributed by atoms with Crippen molar-refractivity contribution in [3.8, 4) is 0 Å². The Labute approximate surface area is 149 Å². The maximum Gasteiger partial charge on any atom is 0.160 e. The van der Waals surface area contributed by atoms with Crippen LogP contribution in [-0.4, -0.2) is 38.0 Å². The van der Waals surface area contributed by atoms with Gasteiger partial charge in [0.1, 0.15) is 21.9 Å². The van der Waals surface area contributed by atoms with Gasteiger partial charge in [-0.1, -0.05) is 15.9 Å². The standard InChI is InChI=1S/C16H20BrFN2O3S/c1-9-12-7-15(2,24(3,21)22)14(19)20-16(12,8-23-9)11-6-10(17)4-5-13(11)18/h4-6,9,12H,7-8H2,1-3H3,(H2,19,20)/t9-,12?,15?,16-/m1/s1. The minimum Gasteiger partial charge on any atom is -0.386 e. The highest BCUT2D eigenvalue weighted by Gasteiger charge is 2.59.